The monoisotopic (exact) mass is 895 g/mol. The second-order valence-corrected chi connectivity index (χ2v) is 17.7. The number of morpholine rings is 1. The Balaban J connectivity index is 0.000000263. The van der Waals surface area contributed by atoms with E-state index < -0.39 is 11.5 Å². The number of ether oxygens (including phenoxy) is 1. The number of nitrogens with two attached hydrogens (primary N) is 3. The smallest absolute Gasteiger partial charge is 0.253 e. The van der Waals surface area contributed by atoms with E-state index in [1.807, 2.05) is 42.2 Å². The Morgan fingerprint density at radius 1 is 0.923 bits per heavy atom. The Morgan fingerprint density at radius 2 is 1.65 bits per heavy atom. The number of likely N-dealkylation sites (tertiary alicyclic amines) is 2. The van der Waals surface area contributed by atoms with Crippen molar-refractivity contribution in [2.45, 2.75) is 75.9 Å². The van der Waals surface area contributed by atoms with E-state index in [1.165, 1.54) is 0 Å². The van der Waals surface area contributed by atoms with Gasteiger partial charge in [0.15, 0.2) is 5.82 Å². The minimum atomic E-state index is -1.32. The molecular weight excluding hydrogens is 833 g/mol. The van der Waals surface area contributed by atoms with Crippen LogP contribution in [0.1, 0.15) is 90.4 Å². The van der Waals surface area contributed by atoms with Crippen LogP contribution in [0.3, 0.4) is 0 Å². The van der Waals surface area contributed by atoms with Crippen LogP contribution in [0.15, 0.2) is 84.5 Å². The molecule has 1 aliphatic carbocycles. The third-order valence-corrected chi connectivity index (χ3v) is 13.2. The summed E-state index contributed by atoms with van der Waals surface area (Å²) < 4.78 is 39.3. The number of nitrogens with one attached hydrogen (secondary N) is 2. The molecule has 3 amide bonds. The number of phenols is 1. The lowest BCUT2D eigenvalue weighted by Crippen LogP contribution is -2.50. The zero-order valence-corrected chi connectivity index (χ0v) is 37.2. The lowest BCUT2D eigenvalue weighted by Gasteiger charge is -2.41. The Morgan fingerprint density at radius 3 is 2.29 bits per heavy atom. The lowest BCUT2D eigenvalue weighted by atomic mass is 9.87. The molecule has 9 N–H and O–H groups in total. The van der Waals surface area contributed by atoms with Gasteiger partial charge in [-0.1, -0.05) is 35.9 Å². The highest BCUT2D eigenvalue weighted by molar-refractivity contribution is 5.96. The number of halogens is 2. The van der Waals surface area contributed by atoms with Gasteiger partial charge in [0.25, 0.3) is 5.91 Å². The van der Waals surface area contributed by atoms with Gasteiger partial charge in [0.1, 0.15) is 17.2 Å². The van der Waals surface area contributed by atoms with Gasteiger partial charge in [0.2, 0.25) is 12.3 Å². The molecule has 4 heterocycles. The zero-order chi connectivity index (χ0) is 46.1. The second kappa shape index (κ2) is 21.2. The molecule has 16 heteroatoms. The van der Waals surface area contributed by atoms with Crippen molar-refractivity contribution in [1.29, 1.82) is 0 Å². The van der Waals surface area contributed by atoms with Crippen molar-refractivity contribution in [3.63, 3.8) is 0 Å². The first-order chi connectivity index (χ1) is 31.3. The largest absolute Gasteiger partial charge is 0.507 e. The van der Waals surface area contributed by atoms with E-state index in [2.05, 4.69) is 26.3 Å². The van der Waals surface area contributed by atoms with Gasteiger partial charge in [-0.15, -0.1) is 0 Å². The molecule has 0 radical (unpaired) electrons. The van der Waals surface area contributed by atoms with E-state index >= 15 is 8.78 Å². The average Bonchev–Trinajstić information content (AvgIpc) is 3.66. The maximum Gasteiger partial charge on any atom is 0.253 e. The normalized spacial score (nSPS) is 18.3. The zero-order valence-electron chi connectivity index (χ0n) is 37.2. The topological polar surface area (TPSA) is 197 Å². The van der Waals surface area contributed by atoms with Gasteiger partial charge in [-0.2, -0.15) is 0 Å². The molecule has 0 spiro atoms. The predicted molar refractivity (Wildman–Crippen MR) is 249 cm³/mol. The number of fused-ring (bicyclic) bond motifs is 1. The molecule has 8 rings (SSSR count). The Bertz CT molecular complexity index is 2370. The van der Waals surface area contributed by atoms with Crippen molar-refractivity contribution < 1.29 is 33.0 Å². The number of aryl methyl sites for hydroxylation is 1. The van der Waals surface area contributed by atoms with Crippen LogP contribution in [0, 0.1) is 12.7 Å². The minimum absolute atomic E-state index is 0.0274. The molecule has 4 aliphatic rings. The molecule has 3 aromatic carbocycles. The molecule has 1 saturated carbocycles. The number of benzene rings is 3. The Kier molecular flexibility index (Phi) is 15.3. The summed E-state index contributed by atoms with van der Waals surface area (Å²) in [6.45, 7) is 7.57. The maximum atomic E-state index is 16.0. The number of allylic oxidation sites excluding steroid dienone is 1. The number of hydrogen-bond acceptors (Lipinski definition) is 10. The molecule has 4 fully saturated rings. The standard InChI is InChI=1S/C35H43F2N5O3.C14H20N4O2/c1-24-4-2-5-26(20-24)34(45)41-18-13-35(37,14-19-41)22-40-16-11-25(12-17-40)29-21-42(27-6-3-7-27)33-28(29)8-9-30(32(33)36)39-31(44)10-15-38-23-43;15-11(10-3-1-2-4-13(10)19)9-12(14(16)17)18-5-7-20-8-6-18/h2,4-5,8-9,20-21,23,25,27H,3,6-7,10-19,22H2,1H3,(H,38,43)(H,39,44);1-4,9,19H,5-8,15-17H2/b;11-9-. The number of piperidine rings is 2. The Labute approximate surface area is 379 Å². The molecule has 65 heavy (non-hydrogen) atoms. The molecule has 1 aromatic heterocycles. The van der Waals surface area contributed by atoms with Crippen molar-refractivity contribution in [2.75, 3.05) is 70.9 Å². The lowest BCUT2D eigenvalue weighted by molar-refractivity contribution is -0.116. The first-order valence-electron chi connectivity index (χ1n) is 22.7. The molecule has 348 valence electrons. The number of amides is 3. The first kappa shape index (κ1) is 46.9. The van der Waals surface area contributed by atoms with E-state index in [0.717, 1.165) is 61.7 Å². The number of carbonyl (C=O) groups excluding carboxylic acids is 3. The Hall–Kier alpha value is -6.13. The van der Waals surface area contributed by atoms with Crippen molar-refractivity contribution in [3.05, 3.63) is 113 Å². The summed E-state index contributed by atoms with van der Waals surface area (Å²) in [4.78, 5) is 41.8. The fourth-order valence-corrected chi connectivity index (χ4v) is 9.30. The summed E-state index contributed by atoms with van der Waals surface area (Å²) >= 11 is 0. The summed E-state index contributed by atoms with van der Waals surface area (Å²) in [6.07, 6.45) is 9.93. The number of hydrogen-bond donors (Lipinski definition) is 6. The van der Waals surface area contributed by atoms with Crippen LogP contribution < -0.4 is 27.8 Å². The molecule has 14 nitrogen and oxygen atoms in total. The number of aromatic nitrogens is 1. The van der Waals surface area contributed by atoms with Gasteiger partial charge in [-0.05, 0) is 100 Å². The molecular formula is C49H63F2N9O5. The van der Waals surface area contributed by atoms with Crippen LogP contribution in [0.2, 0.25) is 0 Å². The third kappa shape index (κ3) is 11.4. The van der Waals surface area contributed by atoms with E-state index in [1.54, 1.807) is 41.3 Å². The summed E-state index contributed by atoms with van der Waals surface area (Å²) in [7, 11) is 0. The van der Waals surface area contributed by atoms with Crippen molar-refractivity contribution in [3.8, 4) is 5.75 Å². The van der Waals surface area contributed by atoms with Gasteiger partial charge in [-0.25, -0.2) is 8.78 Å². The number of aromatic hydroxyl groups is 1. The number of alkyl halides is 1. The van der Waals surface area contributed by atoms with Crippen molar-refractivity contribution in [2.24, 2.45) is 17.2 Å². The minimum Gasteiger partial charge on any atom is -0.507 e. The molecule has 3 aliphatic heterocycles. The average molecular weight is 896 g/mol. The third-order valence-electron chi connectivity index (χ3n) is 13.2. The van der Waals surface area contributed by atoms with E-state index in [0.29, 0.717) is 93.2 Å². The highest BCUT2D eigenvalue weighted by Crippen LogP contribution is 2.43. The summed E-state index contributed by atoms with van der Waals surface area (Å²) in [5.41, 5.74) is 21.4. The molecule has 4 aromatic rings. The molecule has 0 atom stereocenters. The summed E-state index contributed by atoms with van der Waals surface area (Å²) in [6, 6.07) is 18.2. The summed E-state index contributed by atoms with van der Waals surface area (Å²) in [5.74, 6) is -0.245. The van der Waals surface area contributed by atoms with Gasteiger partial charge >= 0.3 is 0 Å². The van der Waals surface area contributed by atoms with Crippen LogP contribution in [0.5, 0.6) is 5.75 Å². The van der Waals surface area contributed by atoms with Crippen LogP contribution >= 0.6 is 0 Å². The molecule has 3 saturated heterocycles. The highest BCUT2D eigenvalue weighted by atomic mass is 19.1. The van der Waals surface area contributed by atoms with E-state index in [4.69, 9.17) is 21.9 Å². The van der Waals surface area contributed by atoms with Crippen LogP contribution in [0.4, 0.5) is 14.5 Å². The number of nitrogens with zero attached hydrogens (tertiary/aromatic N) is 4. The number of carbonyl (C=O) groups is 3. The SMILES string of the molecule is Cc1cccc(C(=O)N2CCC(F)(CN3CCC(c4cn(C5CCC5)c5c(F)c(NC(=O)CCNC=O)ccc45)CC3)CC2)c1.NC(N)=C(/C=C(\N)c1ccccc1O)N1CCOCC1. The van der Waals surface area contributed by atoms with E-state index in [-0.39, 0.29) is 54.0 Å². The van der Waals surface area contributed by atoms with Crippen LogP contribution in [-0.2, 0) is 14.3 Å². The van der Waals surface area contributed by atoms with Crippen molar-refractivity contribution in [1.82, 2.24) is 24.6 Å². The maximum absolute atomic E-state index is 16.0. The van der Waals surface area contributed by atoms with Crippen molar-refractivity contribution >= 4 is 40.5 Å². The van der Waals surface area contributed by atoms with Crippen LogP contribution in [-0.4, -0.2) is 114 Å². The predicted octanol–water partition coefficient (Wildman–Crippen LogP) is 5.82. The molecule has 0 bridgehead atoms. The van der Waals surface area contributed by atoms with E-state index in [9.17, 15) is 19.5 Å². The number of rotatable bonds is 13. The van der Waals surface area contributed by atoms with Gasteiger partial charge in [0, 0.05) is 93.0 Å². The van der Waals surface area contributed by atoms with Crippen LogP contribution in [0.25, 0.3) is 16.6 Å². The fraction of sp³-hybridized carbons (Fsp3) is 0.449. The highest BCUT2D eigenvalue weighted by Gasteiger charge is 2.39. The summed E-state index contributed by atoms with van der Waals surface area (Å²) in [5, 5.41) is 15.8. The van der Waals surface area contributed by atoms with Gasteiger partial charge < -0.3 is 56.9 Å². The van der Waals surface area contributed by atoms with Gasteiger partial charge in [0.05, 0.1) is 30.1 Å². The quantitative estimate of drug-likeness (QED) is 0.0541. The fourth-order valence-electron chi connectivity index (χ4n) is 9.30. The molecule has 0 unspecified atom stereocenters. The number of phenolic OH excluding ortho intramolecular Hbond substituents is 1. The second-order valence-electron chi connectivity index (χ2n) is 17.7. The number of para-hydroxylation sites is 1. The van der Waals surface area contributed by atoms with Gasteiger partial charge in [-0.3, -0.25) is 14.4 Å². The number of anilines is 1. The first-order valence-corrected chi connectivity index (χ1v) is 22.7.